The summed E-state index contributed by atoms with van der Waals surface area (Å²) < 4.78 is 34.2. The van der Waals surface area contributed by atoms with E-state index in [4.69, 9.17) is 30.9 Å². The van der Waals surface area contributed by atoms with Crippen LogP contribution in [0.15, 0.2) is 36.4 Å². The number of aryl methyl sites for hydroxylation is 1. The number of nitrogens with zero attached hydrogens (tertiary/aromatic N) is 3. The molecule has 0 N–H and O–H groups in total. The molecule has 1 aliphatic rings. The minimum absolute atomic E-state index is 0.281. The lowest BCUT2D eigenvalue weighted by Crippen LogP contribution is -2.48. The maximum absolute atomic E-state index is 13.9. The van der Waals surface area contributed by atoms with Crippen LogP contribution in [0.4, 0.5) is 9.18 Å². The van der Waals surface area contributed by atoms with Gasteiger partial charge in [0.2, 0.25) is 0 Å². The largest absolute Gasteiger partial charge is 0.444 e. The fraction of sp³-hybridized carbons (Fsp3) is 0.576. The summed E-state index contributed by atoms with van der Waals surface area (Å²) in [5, 5.41) is 6.38. The van der Waals surface area contributed by atoms with Gasteiger partial charge >= 0.3 is 6.09 Å². The van der Waals surface area contributed by atoms with Crippen molar-refractivity contribution in [3.05, 3.63) is 64.1 Å². The Kier molecular flexibility index (Phi) is 10.3. The molecular weight excluding hydrogens is 585 g/mol. The molecule has 236 valence electrons. The van der Waals surface area contributed by atoms with Gasteiger partial charge in [0.1, 0.15) is 18.1 Å². The SMILES string of the molecule is Cc1nn(COCC[Si](C)(C)C)c2c([C@@H](C)OCC3(c4ccc(F)cc4)CCN(C(=O)OC(C)(C)C)CC3)cc(Cl)cc12. The second kappa shape index (κ2) is 13.3. The van der Waals surface area contributed by atoms with Crippen LogP contribution in [-0.4, -0.2) is 60.8 Å². The van der Waals surface area contributed by atoms with Gasteiger partial charge in [-0.3, -0.25) is 0 Å². The molecule has 1 amide bonds. The van der Waals surface area contributed by atoms with Crippen molar-refractivity contribution in [2.24, 2.45) is 0 Å². The first kappa shape index (κ1) is 33.4. The molecule has 0 spiro atoms. The smallest absolute Gasteiger partial charge is 0.410 e. The zero-order chi connectivity index (χ0) is 31.6. The van der Waals surface area contributed by atoms with E-state index in [1.54, 1.807) is 4.90 Å². The first-order valence-electron chi connectivity index (χ1n) is 15.2. The van der Waals surface area contributed by atoms with Gasteiger partial charge in [-0.1, -0.05) is 43.4 Å². The van der Waals surface area contributed by atoms with Crippen molar-refractivity contribution in [3.8, 4) is 0 Å². The number of hydrogen-bond acceptors (Lipinski definition) is 5. The molecule has 1 atom stereocenters. The molecule has 0 unspecified atom stereocenters. The van der Waals surface area contributed by atoms with Crippen LogP contribution < -0.4 is 0 Å². The molecule has 3 aromatic rings. The highest BCUT2D eigenvalue weighted by Crippen LogP contribution is 2.39. The van der Waals surface area contributed by atoms with Crippen LogP contribution in [0.1, 0.15) is 63.5 Å². The Labute approximate surface area is 261 Å². The van der Waals surface area contributed by atoms with Gasteiger partial charge in [0, 0.05) is 49.2 Å². The number of hydrogen-bond donors (Lipinski definition) is 0. The molecule has 2 aromatic carbocycles. The van der Waals surface area contributed by atoms with Gasteiger partial charge in [0.25, 0.3) is 0 Å². The van der Waals surface area contributed by atoms with Crippen molar-refractivity contribution in [2.75, 3.05) is 26.3 Å². The number of benzene rings is 2. The van der Waals surface area contributed by atoms with Crippen molar-refractivity contribution in [3.63, 3.8) is 0 Å². The Bertz CT molecular complexity index is 1410. The maximum atomic E-state index is 13.9. The molecule has 1 saturated heterocycles. The number of fused-ring (bicyclic) bond motifs is 1. The summed E-state index contributed by atoms with van der Waals surface area (Å²) in [6.07, 6.45) is 0.709. The molecule has 0 saturated carbocycles. The number of amides is 1. The van der Waals surface area contributed by atoms with Crippen LogP contribution in [0.25, 0.3) is 10.9 Å². The minimum Gasteiger partial charge on any atom is -0.444 e. The molecule has 0 bridgehead atoms. The lowest BCUT2D eigenvalue weighted by molar-refractivity contribution is -0.00947. The number of likely N-dealkylation sites (tertiary alicyclic amines) is 1. The predicted octanol–water partition coefficient (Wildman–Crippen LogP) is 8.50. The zero-order valence-corrected chi connectivity index (χ0v) is 28.7. The highest BCUT2D eigenvalue weighted by atomic mass is 35.5. The maximum Gasteiger partial charge on any atom is 0.410 e. The lowest BCUT2D eigenvalue weighted by Gasteiger charge is -2.42. The van der Waals surface area contributed by atoms with E-state index in [0.29, 0.717) is 50.9 Å². The van der Waals surface area contributed by atoms with Crippen LogP contribution >= 0.6 is 11.6 Å². The number of piperidine rings is 1. The van der Waals surface area contributed by atoms with E-state index in [0.717, 1.165) is 33.8 Å². The summed E-state index contributed by atoms with van der Waals surface area (Å²) >= 11 is 6.60. The molecule has 1 aliphatic heterocycles. The van der Waals surface area contributed by atoms with E-state index in [1.807, 2.05) is 63.6 Å². The van der Waals surface area contributed by atoms with Crippen LogP contribution in [0.5, 0.6) is 0 Å². The molecule has 2 heterocycles. The van der Waals surface area contributed by atoms with E-state index in [1.165, 1.54) is 12.1 Å². The molecular formula is C33H47ClFN3O4Si. The minimum atomic E-state index is -1.21. The summed E-state index contributed by atoms with van der Waals surface area (Å²) in [6.45, 7) is 19.1. The third kappa shape index (κ3) is 8.59. The highest BCUT2D eigenvalue weighted by Gasteiger charge is 2.39. The topological polar surface area (TPSA) is 65.8 Å². The van der Waals surface area contributed by atoms with Gasteiger partial charge in [0.05, 0.1) is 23.9 Å². The standard InChI is InChI=1S/C33H47ClFN3O4Si/c1-23-28-19-26(34)20-29(30(28)38(36-23)22-40-17-18-43(6,7)8)24(2)41-21-33(25-9-11-27(35)12-10-25)13-15-37(16-14-33)31(39)42-32(3,4)5/h9-12,19-20,24H,13-18,21-22H2,1-8H3/t24-/m1/s1. The molecule has 0 radical (unpaired) electrons. The summed E-state index contributed by atoms with van der Waals surface area (Å²) in [5.74, 6) is -0.281. The predicted molar refractivity (Wildman–Crippen MR) is 173 cm³/mol. The van der Waals surface area contributed by atoms with Gasteiger partial charge in [0.15, 0.2) is 0 Å². The van der Waals surface area contributed by atoms with Crippen molar-refractivity contribution >= 4 is 36.7 Å². The summed E-state index contributed by atoms with van der Waals surface area (Å²) in [5.41, 5.74) is 2.83. The van der Waals surface area contributed by atoms with Gasteiger partial charge in [-0.05, 0) is 83.3 Å². The Morgan fingerprint density at radius 2 is 1.79 bits per heavy atom. The van der Waals surface area contributed by atoms with E-state index in [-0.39, 0.29) is 18.0 Å². The molecule has 1 fully saturated rings. The quantitative estimate of drug-likeness (QED) is 0.166. The molecule has 0 aliphatic carbocycles. The first-order valence-corrected chi connectivity index (χ1v) is 19.3. The Hall–Kier alpha value is -2.46. The van der Waals surface area contributed by atoms with E-state index < -0.39 is 19.1 Å². The van der Waals surface area contributed by atoms with Crippen LogP contribution in [0.2, 0.25) is 30.7 Å². The number of ether oxygens (including phenoxy) is 3. The van der Waals surface area contributed by atoms with E-state index in [9.17, 15) is 9.18 Å². The number of rotatable bonds is 10. The van der Waals surface area contributed by atoms with Crippen molar-refractivity contribution < 1.29 is 23.4 Å². The van der Waals surface area contributed by atoms with Crippen LogP contribution in [-0.2, 0) is 26.4 Å². The second-order valence-electron chi connectivity index (χ2n) is 14.0. The Morgan fingerprint density at radius 3 is 2.40 bits per heavy atom. The van der Waals surface area contributed by atoms with Crippen LogP contribution in [0, 0.1) is 12.7 Å². The fourth-order valence-corrected chi connectivity index (χ4v) is 6.52. The van der Waals surface area contributed by atoms with E-state index >= 15 is 0 Å². The van der Waals surface area contributed by atoms with Gasteiger partial charge in [-0.25, -0.2) is 13.9 Å². The molecule has 10 heteroatoms. The third-order valence-corrected chi connectivity index (χ3v) is 10.0. The monoisotopic (exact) mass is 631 g/mol. The van der Waals surface area contributed by atoms with Crippen molar-refractivity contribution in [1.29, 1.82) is 0 Å². The van der Waals surface area contributed by atoms with E-state index in [2.05, 4.69) is 19.6 Å². The van der Waals surface area contributed by atoms with Crippen molar-refractivity contribution in [1.82, 2.24) is 14.7 Å². The highest BCUT2D eigenvalue weighted by molar-refractivity contribution is 6.76. The summed E-state index contributed by atoms with van der Waals surface area (Å²) in [7, 11) is -1.21. The average molecular weight is 632 g/mol. The third-order valence-electron chi connectivity index (χ3n) is 8.11. The second-order valence-corrected chi connectivity index (χ2v) is 20.1. The molecule has 1 aromatic heterocycles. The molecule has 7 nitrogen and oxygen atoms in total. The fourth-order valence-electron chi connectivity index (χ4n) is 5.54. The Morgan fingerprint density at radius 1 is 1.14 bits per heavy atom. The Balaban J connectivity index is 1.56. The van der Waals surface area contributed by atoms with Crippen LogP contribution in [0.3, 0.4) is 0 Å². The lowest BCUT2D eigenvalue weighted by atomic mass is 9.73. The number of carbonyl (C=O) groups is 1. The normalized spacial score (nSPS) is 16.5. The number of aromatic nitrogens is 2. The average Bonchev–Trinajstić information content (AvgIpc) is 3.23. The summed E-state index contributed by atoms with van der Waals surface area (Å²) in [4.78, 5) is 14.5. The molecule has 4 rings (SSSR count). The van der Waals surface area contributed by atoms with Crippen molar-refractivity contribution in [2.45, 2.75) is 97.0 Å². The number of carbonyl (C=O) groups excluding carboxylic acids is 1. The van der Waals surface area contributed by atoms with Gasteiger partial charge < -0.3 is 19.1 Å². The number of halogens is 2. The van der Waals surface area contributed by atoms with Gasteiger partial charge in [-0.15, -0.1) is 0 Å². The first-order chi connectivity index (χ1) is 20.1. The summed E-state index contributed by atoms with van der Waals surface area (Å²) in [6, 6.07) is 11.6. The molecule has 43 heavy (non-hydrogen) atoms. The van der Waals surface area contributed by atoms with Gasteiger partial charge in [-0.2, -0.15) is 5.10 Å². The zero-order valence-electron chi connectivity index (χ0n) is 26.9.